The summed E-state index contributed by atoms with van der Waals surface area (Å²) in [5, 5.41) is 11.8. The van der Waals surface area contributed by atoms with Crippen LogP contribution in [0.15, 0.2) is 186 Å². The molecule has 2 aromatic heterocycles. The van der Waals surface area contributed by atoms with Gasteiger partial charge in [0.1, 0.15) is 11.2 Å². The van der Waals surface area contributed by atoms with Crippen molar-refractivity contribution in [2.75, 3.05) is 0 Å². The Morgan fingerprint density at radius 2 is 0.943 bits per heavy atom. The first-order chi connectivity index (χ1) is 26.3. The van der Waals surface area contributed by atoms with Crippen LogP contribution in [0.3, 0.4) is 0 Å². The zero-order valence-corrected chi connectivity index (χ0v) is 28.6. The van der Waals surface area contributed by atoms with Crippen LogP contribution in [0.25, 0.3) is 110 Å². The molecule has 0 atom stereocenters. The maximum absolute atomic E-state index is 6.84. The molecule has 0 unspecified atom stereocenters. The lowest BCUT2D eigenvalue weighted by Crippen LogP contribution is -1.96. The van der Waals surface area contributed by atoms with Gasteiger partial charge < -0.3 is 4.42 Å². The lowest BCUT2D eigenvalue weighted by atomic mass is 9.89. The van der Waals surface area contributed by atoms with E-state index in [9.17, 15) is 0 Å². The standard InChI is InChI=1S/C50H30N2O/c1-2-14-32(15-3-1)44-30-45(35-26-25-31-13-4-5-16-33(31)27-35)52-50(51-44)36-18-12-17-34(28-36)42-29-43-39-21-7-6-19-37(39)38-20-8-9-22-40(38)47(43)49-48(42)41-23-10-11-24-46(41)53-49/h1-30H. The molecule has 3 nitrogen and oxygen atoms in total. The highest BCUT2D eigenvalue weighted by molar-refractivity contribution is 6.34. The molecule has 0 bridgehead atoms. The molecule has 0 spiro atoms. The maximum Gasteiger partial charge on any atom is 0.160 e. The molecular weight excluding hydrogens is 645 g/mol. The van der Waals surface area contributed by atoms with E-state index < -0.39 is 0 Å². The second kappa shape index (κ2) is 11.7. The fourth-order valence-electron chi connectivity index (χ4n) is 8.15. The molecule has 0 amide bonds. The van der Waals surface area contributed by atoms with Crippen molar-refractivity contribution in [2.45, 2.75) is 0 Å². The Bertz CT molecular complexity index is 3230. The summed E-state index contributed by atoms with van der Waals surface area (Å²) in [6.07, 6.45) is 0. The average molecular weight is 675 g/mol. The highest BCUT2D eigenvalue weighted by Gasteiger charge is 2.21. The van der Waals surface area contributed by atoms with E-state index in [1.54, 1.807) is 0 Å². The van der Waals surface area contributed by atoms with E-state index in [4.69, 9.17) is 14.4 Å². The molecule has 0 aliphatic carbocycles. The van der Waals surface area contributed by atoms with Crippen LogP contribution in [0.4, 0.5) is 0 Å². The minimum atomic E-state index is 0.682. The van der Waals surface area contributed by atoms with Gasteiger partial charge >= 0.3 is 0 Å². The summed E-state index contributed by atoms with van der Waals surface area (Å²) in [7, 11) is 0. The Hall–Kier alpha value is -7.10. The predicted molar refractivity (Wildman–Crippen MR) is 221 cm³/mol. The number of rotatable bonds is 4. The van der Waals surface area contributed by atoms with Crippen molar-refractivity contribution in [1.82, 2.24) is 9.97 Å². The fraction of sp³-hybridized carbons (Fsp3) is 0. The molecule has 2 heterocycles. The third-order valence-corrected chi connectivity index (χ3v) is 10.6. The smallest absolute Gasteiger partial charge is 0.160 e. The van der Waals surface area contributed by atoms with Crippen LogP contribution in [0.5, 0.6) is 0 Å². The van der Waals surface area contributed by atoms with Crippen LogP contribution in [-0.2, 0) is 0 Å². The van der Waals surface area contributed by atoms with E-state index in [0.717, 1.165) is 66.5 Å². The summed E-state index contributed by atoms with van der Waals surface area (Å²) >= 11 is 0. The lowest BCUT2D eigenvalue weighted by molar-refractivity contribution is 0.673. The quantitative estimate of drug-likeness (QED) is 0.174. The van der Waals surface area contributed by atoms with Crippen molar-refractivity contribution in [2.24, 2.45) is 0 Å². The van der Waals surface area contributed by atoms with Gasteiger partial charge in [-0.3, -0.25) is 0 Å². The van der Waals surface area contributed by atoms with Gasteiger partial charge in [0, 0.05) is 32.8 Å². The lowest BCUT2D eigenvalue weighted by Gasteiger charge is -2.14. The van der Waals surface area contributed by atoms with Gasteiger partial charge in [-0.2, -0.15) is 0 Å². The molecule has 0 aliphatic heterocycles. The van der Waals surface area contributed by atoms with Crippen molar-refractivity contribution < 1.29 is 4.42 Å². The summed E-state index contributed by atoms with van der Waals surface area (Å²) in [6.45, 7) is 0. The molecule has 0 aliphatic rings. The molecule has 3 heteroatoms. The van der Waals surface area contributed by atoms with Crippen molar-refractivity contribution in [3.8, 4) is 45.0 Å². The fourth-order valence-corrected chi connectivity index (χ4v) is 8.15. The van der Waals surface area contributed by atoms with Crippen LogP contribution < -0.4 is 0 Å². The number of aromatic nitrogens is 2. The second-order valence-electron chi connectivity index (χ2n) is 13.7. The van der Waals surface area contributed by atoms with E-state index in [-0.39, 0.29) is 0 Å². The van der Waals surface area contributed by atoms with Crippen molar-refractivity contribution in [3.05, 3.63) is 182 Å². The number of nitrogens with zero attached hydrogens (tertiary/aromatic N) is 2. The second-order valence-corrected chi connectivity index (χ2v) is 13.7. The van der Waals surface area contributed by atoms with E-state index in [1.165, 1.54) is 37.7 Å². The number of benzene rings is 9. The van der Waals surface area contributed by atoms with Gasteiger partial charge in [0.05, 0.1) is 11.4 Å². The third kappa shape index (κ3) is 4.75. The summed E-state index contributed by atoms with van der Waals surface area (Å²) in [6, 6.07) is 64.3. The summed E-state index contributed by atoms with van der Waals surface area (Å²) in [4.78, 5) is 10.4. The molecule has 0 saturated heterocycles. The van der Waals surface area contributed by atoms with Crippen molar-refractivity contribution >= 4 is 65.0 Å². The molecule has 0 N–H and O–H groups in total. The molecule has 11 rings (SSSR count). The number of hydrogen-bond acceptors (Lipinski definition) is 3. The van der Waals surface area contributed by atoms with Crippen molar-refractivity contribution in [1.29, 1.82) is 0 Å². The van der Waals surface area contributed by atoms with Gasteiger partial charge in [0.25, 0.3) is 0 Å². The van der Waals surface area contributed by atoms with Gasteiger partial charge in [0.2, 0.25) is 0 Å². The van der Waals surface area contributed by atoms with Crippen LogP contribution in [0.1, 0.15) is 0 Å². The summed E-state index contributed by atoms with van der Waals surface area (Å²) < 4.78 is 6.84. The number of para-hydroxylation sites is 1. The zero-order chi connectivity index (χ0) is 34.9. The Kier molecular flexibility index (Phi) is 6.55. The monoisotopic (exact) mass is 674 g/mol. The topological polar surface area (TPSA) is 38.9 Å². The number of furan rings is 1. The van der Waals surface area contributed by atoms with E-state index in [1.807, 2.05) is 12.1 Å². The zero-order valence-electron chi connectivity index (χ0n) is 28.6. The van der Waals surface area contributed by atoms with Gasteiger partial charge in [-0.15, -0.1) is 0 Å². The van der Waals surface area contributed by atoms with Gasteiger partial charge in [0.15, 0.2) is 5.82 Å². The van der Waals surface area contributed by atoms with Gasteiger partial charge in [-0.05, 0) is 79.2 Å². The van der Waals surface area contributed by atoms with E-state index in [0.29, 0.717) is 5.82 Å². The minimum Gasteiger partial charge on any atom is -0.455 e. The Morgan fingerprint density at radius 3 is 1.75 bits per heavy atom. The first kappa shape index (κ1) is 29.6. The summed E-state index contributed by atoms with van der Waals surface area (Å²) in [5.74, 6) is 0.682. The number of fused-ring (bicyclic) bond motifs is 11. The molecule has 0 fully saturated rings. The van der Waals surface area contributed by atoms with Crippen LogP contribution >= 0.6 is 0 Å². The molecule has 246 valence electrons. The molecule has 11 aromatic rings. The maximum atomic E-state index is 6.84. The predicted octanol–water partition coefficient (Wildman–Crippen LogP) is 13.7. The third-order valence-electron chi connectivity index (χ3n) is 10.6. The van der Waals surface area contributed by atoms with E-state index in [2.05, 4.69) is 170 Å². The molecule has 0 radical (unpaired) electrons. The number of hydrogen-bond donors (Lipinski definition) is 0. The molecular formula is C50H30N2O. The van der Waals surface area contributed by atoms with Crippen LogP contribution in [0, 0.1) is 0 Å². The molecule has 9 aromatic carbocycles. The Morgan fingerprint density at radius 1 is 0.340 bits per heavy atom. The van der Waals surface area contributed by atoms with Crippen LogP contribution in [-0.4, -0.2) is 9.97 Å². The highest BCUT2D eigenvalue weighted by Crippen LogP contribution is 2.46. The van der Waals surface area contributed by atoms with E-state index >= 15 is 0 Å². The largest absolute Gasteiger partial charge is 0.455 e. The first-order valence-electron chi connectivity index (χ1n) is 18.0. The van der Waals surface area contributed by atoms with Crippen LogP contribution in [0.2, 0.25) is 0 Å². The SMILES string of the molecule is c1ccc(-c2cc(-c3ccc4ccccc4c3)nc(-c3cccc(-c4cc5c6ccccc6c6ccccc6c5c5oc6ccccc6c45)c3)n2)cc1. The molecule has 0 saturated carbocycles. The molecule has 53 heavy (non-hydrogen) atoms. The average Bonchev–Trinajstić information content (AvgIpc) is 3.63. The van der Waals surface area contributed by atoms with Gasteiger partial charge in [-0.25, -0.2) is 9.97 Å². The minimum absolute atomic E-state index is 0.682. The van der Waals surface area contributed by atoms with Gasteiger partial charge in [-0.1, -0.05) is 152 Å². The van der Waals surface area contributed by atoms with Crippen molar-refractivity contribution in [3.63, 3.8) is 0 Å². The summed E-state index contributed by atoms with van der Waals surface area (Å²) in [5.41, 5.74) is 8.82. The Labute approximate surface area is 305 Å². The normalized spacial score (nSPS) is 11.8. The Balaban J connectivity index is 1.18. The highest BCUT2D eigenvalue weighted by atomic mass is 16.3. The first-order valence-corrected chi connectivity index (χ1v) is 18.0.